The second-order valence-electron chi connectivity index (χ2n) is 6.21. The minimum absolute atomic E-state index is 0.0360. The highest BCUT2D eigenvalue weighted by atomic mass is 32.2. The van der Waals surface area contributed by atoms with E-state index in [0.717, 1.165) is 28.1 Å². The van der Waals surface area contributed by atoms with Crippen molar-refractivity contribution in [3.63, 3.8) is 0 Å². The second-order valence-corrected chi connectivity index (χ2v) is 8.42. The molecule has 0 saturated carbocycles. The van der Waals surface area contributed by atoms with Crippen LogP contribution in [0.15, 0.2) is 11.4 Å². The minimum atomic E-state index is -0.827. The maximum atomic E-state index is 12.3. The van der Waals surface area contributed by atoms with E-state index in [1.807, 2.05) is 13.8 Å². The number of nitrogens with two attached hydrogens (primary N) is 1. The molecule has 6 nitrogen and oxygen atoms in total. The lowest BCUT2D eigenvalue weighted by atomic mass is 9.97. The van der Waals surface area contributed by atoms with Crippen molar-refractivity contribution >= 4 is 45.3 Å². The molecule has 2 aromatic heterocycles. The number of fused-ring (bicyclic) bond motifs is 3. The molecule has 0 radical (unpaired) electrons. The van der Waals surface area contributed by atoms with Crippen molar-refractivity contribution in [1.82, 2.24) is 15.3 Å². The van der Waals surface area contributed by atoms with E-state index in [0.29, 0.717) is 0 Å². The lowest BCUT2D eigenvalue weighted by molar-refractivity contribution is -0.120. The smallest absolute Gasteiger partial charge is 0.318 e. The summed E-state index contributed by atoms with van der Waals surface area (Å²) in [5.41, 5.74) is 6.42. The normalized spacial score (nSPS) is 15.3. The fraction of sp³-hybridized carbons (Fsp3) is 0.500. The summed E-state index contributed by atoms with van der Waals surface area (Å²) in [6.07, 6.45) is 6.07. The Hall–Kier alpha value is -1.67. The summed E-state index contributed by atoms with van der Waals surface area (Å²) in [5.74, 6) is -0.341. The van der Waals surface area contributed by atoms with Crippen molar-refractivity contribution in [2.45, 2.75) is 49.8 Å². The number of thiophene rings is 1. The molecule has 128 valence electrons. The van der Waals surface area contributed by atoms with Crippen molar-refractivity contribution in [1.29, 1.82) is 0 Å². The van der Waals surface area contributed by atoms with Gasteiger partial charge in [0.05, 0.1) is 5.25 Å². The molecular formula is C16H20N4O2S2. The number of thioether (sulfide) groups is 1. The van der Waals surface area contributed by atoms with Gasteiger partial charge in [0.15, 0.2) is 0 Å². The van der Waals surface area contributed by atoms with Gasteiger partial charge < -0.3 is 5.73 Å². The predicted molar refractivity (Wildman–Crippen MR) is 96.3 cm³/mol. The van der Waals surface area contributed by atoms with Gasteiger partial charge in [-0.3, -0.25) is 10.1 Å². The lowest BCUT2D eigenvalue weighted by Gasteiger charge is -2.19. The molecule has 2 aromatic rings. The van der Waals surface area contributed by atoms with Crippen LogP contribution < -0.4 is 11.1 Å². The zero-order valence-electron chi connectivity index (χ0n) is 13.7. The Labute approximate surface area is 148 Å². The van der Waals surface area contributed by atoms with Crippen LogP contribution in [0.2, 0.25) is 0 Å². The third-order valence-electron chi connectivity index (χ3n) is 4.07. The molecule has 3 amide bonds. The molecule has 0 aromatic carbocycles. The molecule has 0 spiro atoms. The van der Waals surface area contributed by atoms with Crippen LogP contribution in [0.1, 0.15) is 37.1 Å². The monoisotopic (exact) mass is 364 g/mol. The van der Waals surface area contributed by atoms with E-state index in [-0.39, 0.29) is 11.8 Å². The van der Waals surface area contributed by atoms with Crippen molar-refractivity contribution < 1.29 is 9.59 Å². The van der Waals surface area contributed by atoms with E-state index in [4.69, 9.17) is 5.73 Å². The Kier molecular flexibility index (Phi) is 5.05. The highest BCUT2D eigenvalue weighted by molar-refractivity contribution is 8.00. The number of amides is 3. The number of urea groups is 1. The van der Waals surface area contributed by atoms with Crippen LogP contribution >= 0.6 is 23.1 Å². The van der Waals surface area contributed by atoms with Crippen LogP contribution in [0.3, 0.4) is 0 Å². The van der Waals surface area contributed by atoms with Crippen LogP contribution in [-0.2, 0) is 17.6 Å². The van der Waals surface area contributed by atoms with Crippen molar-refractivity contribution in [2.24, 2.45) is 11.7 Å². The quantitative estimate of drug-likeness (QED) is 0.642. The molecule has 1 atom stereocenters. The second kappa shape index (κ2) is 7.06. The molecule has 0 bridgehead atoms. The van der Waals surface area contributed by atoms with Gasteiger partial charge in [0.1, 0.15) is 16.2 Å². The van der Waals surface area contributed by atoms with Crippen molar-refractivity contribution in [2.75, 3.05) is 0 Å². The number of nitrogens with zero attached hydrogens (tertiary/aromatic N) is 2. The first-order valence-corrected chi connectivity index (χ1v) is 9.69. The van der Waals surface area contributed by atoms with Gasteiger partial charge in [0.2, 0.25) is 5.91 Å². The number of primary amides is 1. The predicted octanol–water partition coefficient (Wildman–Crippen LogP) is 2.88. The number of aromatic nitrogens is 2. The summed E-state index contributed by atoms with van der Waals surface area (Å²) in [4.78, 5) is 34.5. The largest absolute Gasteiger partial charge is 0.351 e. The number of hydrogen-bond acceptors (Lipinski definition) is 6. The van der Waals surface area contributed by atoms with Crippen molar-refractivity contribution in [3.8, 4) is 0 Å². The molecule has 3 rings (SSSR count). The molecule has 0 saturated heterocycles. The van der Waals surface area contributed by atoms with Gasteiger partial charge >= 0.3 is 6.03 Å². The van der Waals surface area contributed by atoms with Gasteiger partial charge in [-0.1, -0.05) is 25.6 Å². The SMILES string of the molecule is CC(C)[C@@H](Sc1ncnc2sc3c(c12)CCCC3)C(=O)NC(N)=O. The average molecular weight is 364 g/mol. The summed E-state index contributed by atoms with van der Waals surface area (Å²) < 4.78 is 0. The van der Waals surface area contributed by atoms with Crippen LogP contribution in [-0.4, -0.2) is 27.2 Å². The highest BCUT2D eigenvalue weighted by Crippen LogP contribution is 2.40. The van der Waals surface area contributed by atoms with Crippen LogP contribution in [0, 0.1) is 5.92 Å². The topological polar surface area (TPSA) is 98.0 Å². The summed E-state index contributed by atoms with van der Waals surface area (Å²) in [6, 6.07) is -0.827. The molecule has 2 heterocycles. The summed E-state index contributed by atoms with van der Waals surface area (Å²) >= 11 is 3.12. The summed E-state index contributed by atoms with van der Waals surface area (Å²) in [5, 5.41) is 3.65. The van der Waals surface area contributed by atoms with Gasteiger partial charge in [-0.05, 0) is 37.2 Å². The molecule has 1 aliphatic rings. The Morgan fingerprint density at radius 2 is 2.04 bits per heavy atom. The first-order chi connectivity index (χ1) is 11.5. The molecule has 0 unspecified atom stereocenters. The molecule has 24 heavy (non-hydrogen) atoms. The third-order valence-corrected chi connectivity index (χ3v) is 6.81. The fourth-order valence-electron chi connectivity index (χ4n) is 2.96. The van der Waals surface area contributed by atoms with E-state index in [2.05, 4.69) is 15.3 Å². The number of rotatable bonds is 4. The summed E-state index contributed by atoms with van der Waals surface area (Å²) in [7, 11) is 0. The van der Waals surface area contributed by atoms with Crippen LogP contribution in [0.25, 0.3) is 10.2 Å². The maximum absolute atomic E-state index is 12.3. The first kappa shape index (κ1) is 17.2. The summed E-state index contributed by atoms with van der Waals surface area (Å²) in [6.45, 7) is 3.89. The van der Waals surface area contributed by atoms with Gasteiger partial charge in [-0.15, -0.1) is 11.3 Å². The standard InChI is InChI=1S/C16H20N4O2S2/c1-8(2)12(13(21)20-16(17)22)24-15-11-9-5-3-4-6-10(9)23-14(11)18-7-19-15/h7-8,12H,3-6H2,1-2H3,(H3,17,20,21,22)/t12-/m1/s1. The van der Waals surface area contributed by atoms with E-state index in [1.54, 1.807) is 17.7 Å². The van der Waals surface area contributed by atoms with Gasteiger partial charge in [-0.25, -0.2) is 14.8 Å². The number of aryl methyl sites for hydroxylation is 2. The molecule has 3 N–H and O–H groups in total. The van der Waals surface area contributed by atoms with Crippen LogP contribution in [0.4, 0.5) is 4.79 Å². The van der Waals surface area contributed by atoms with E-state index >= 15 is 0 Å². The average Bonchev–Trinajstić information content (AvgIpc) is 2.90. The Balaban J connectivity index is 1.97. The number of carbonyl (C=O) groups is 2. The number of nitrogens with one attached hydrogen (secondary N) is 1. The first-order valence-electron chi connectivity index (χ1n) is 7.99. The van der Waals surface area contributed by atoms with Crippen molar-refractivity contribution in [3.05, 3.63) is 16.8 Å². The number of carbonyl (C=O) groups excluding carboxylic acids is 2. The van der Waals surface area contributed by atoms with Crippen LogP contribution in [0.5, 0.6) is 0 Å². The molecule has 1 aliphatic carbocycles. The van der Waals surface area contributed by atoms with E-state index < -0.39 is 11.3 Å². The van der Waals surface area contributed by atoms with Gasteiger partial charge in [0, 0.05) is 10.3 Å². The fourth-order valence-corrected chi connectivity index (χ4v) is 5.37. The van der Waals surface area contributed by atoms with E-state index in [9.17, 15) is 9.59 Å². The highest BCUT2D eigenvalue weighted by Gasteiger charge is 2.28. The zero-order chi connectivity index (χ0) is 17.3. The Morgan fingerprint density at radius 3 is 2.75 bits per heavy atom. The maximum Gasteiger partial charge on any atom is 0.318 e. The third kappa shape index (κ3) is 3.39. The molecule has 0 fully saturated rings. The molecule has 8 heteroatoms. The lowest BCUT2D eigenvalue weighted by Crippen LogP contribution is -2.42. The Bertz CT molecular complexity index is 788. The zero-order valence-corrected chi connectivity index (χ0v) is 15.3. The van der Waals surface area contributed by atoms with Gasteiger partial charge in [-0.2, -0.15) is 0 Å². The number of hydrogen-bond donors (Lipinski definition) is 2. The van der Waals surface area contributed by atoms with E-state index in [1.165, 1.54) is 35.0 Å². The van der Waals surface area contributed by atoms with Gasteiger partial charge in [0.25, 0.3) is 0 Å². The molecule has 0 aliphatic heterocycles. The minimum Gasteiger partial charge on any atom is -0.351 e. The molecular weight excluding hydrogens is 344 g/mol. The Morgan fingerprint density at radius 1 is 1.29 bits per heavy atom. The number of imide groups is 1.